The molecule has 0 saturated carbocycles. The van der Waals surface area contributed by atoms with Crippen molar-refractivity contribution >= 4 is 0 Å². The summed E-state index contributed by atoms with van der Waals surface area (Å²) < 4.78 is 0. The van der Waals surface area contributed by atoms with Crippen LogP contribution in [0.4, 0.5) is 0 Å². The number of aliphatic hydroxyl groups is 2. The van der Waals surface area contributed by atoms with Gasteiger partial charge in [0.2, 0.25) is 0 Å². The Morgan fingerprint density at radius 3 is 1.29 bits per heavy atom. The molecule has 28 heavy (non-hydrogen) atoms. The molecule has 0 bridgehead atoms. The lowest BCUT2D eigenvalue weighted by Crippen LogP contribution is -2.50. The minimum atomic E-state index is -0.368. The first kappa shape index (κ1) is 27.8. The third kappa shape index (κ3) is 16.8. The molecule has 0 aromatic heterocycles. The number of aliphatic hydroxyl groups excluding tert-OH is 2. The van der Waals surface area contributed by atoms with Crippen LogP contribution in [0.2, 0.25) is 0 Å². The van der Waals surface area contributed by atoms with Crippen LogP contribution in [-0.4, -0.2) is 65.6 Å². The van der Waals surface area contributed by atoms with Crippen molar-refractivity contribution in [3.8, 4) is 0 Å². The van der Waals surface area contributed by atoms with Gasteiger partial charge in [-0.3, -0.25) is 9.80 Å². The maximum atomic E-state index is 9.81. The molecule has 4 heteroatoms. The summed E-state index contributed by atoms with van der Waals surface area (Å²) in [6.45, 7) is 7.17. The molecule has 0 fully saturated rings. The summed E-state index contributed by atoms with van der Waals surface area (Å²) in [6.07, 6.45) is 18.6. The summed E-state index contributed by atoms with van der Waals surface area (Å²) in [5.74, 6) is 0. The Hall–Kier alpha value is -0.160. The first-order valence-corrected chi connectivity index (χ1v) is 12.1. The summed E-state index contributed by atoms with van der Waals surface area (Å²) >= 11 is 0. The minimum absolute atomic E-state index is 0.289. The van der Waals surface area contributed by atoms with E-state index in [0.29, 0.717) is 13.1 Å². The van der Waals surface area contributed by atoms with Gasteiger partial charge in [-0.2, -0.15) is 0 Å². The fraction of sp³-hybridized carbons (Fsp3) is 1.00. The third-order valence-corrected chi connectivity index (χ3v) is 5.58. The molecule has 0 rings (SSSR count). The quantitative estimate of drug-likeness (QED) is 0.212. The van der Waals surface area contributed by atoms with E-state index in [-0.39, 0.29) is 18.4 Å². The predicted octanol–water partition coefficient (Wildman–Crippen LogP) is 5.42. The van der Waals surface area contributed by atoms with Gasteiger partial charge in [0, 0.05) is 13.1 Å². The maximum absolute atomic E-state index is 9.81. The summed E-state index contributed by atoms with van der Waals surface area (Å²) in [5.41, 5.74) is 0. The average Bonchev–Trinajstić information content (AvgIpc) is 2.60. The molecule has 0 amide bonds. The number of hydrogen-bond donors (Lipinski definition) is 2. The normalized spacial score (nSPS) is 15.3. The Morgan fingerprint density at radius 1 is 0.607 bits per heavy atom. The van der Waals surface area contributed by atoms with Crippen molar-refractivity contribution in [2.45, 2.75) is 129 Å². The highest BCUT2D eigenvalue weighted by atomic mass is 16.3. The van der Waals surface area contributed by atoms with Gasteiger partial charge in [-0.15, -0.1) is 0 Å². The lowest BCUT2D eigenvalue weighted by Gasteiger charge is -2.37. The first-order chi connectivity index (χ1) is 13.4. The Kier molecular flexibility index (Phi) is 18.7. The molecule has 0 aromatic carbocycles. The minimum Gasteiger partial charge on any atom is -0.392 e. The lowest BCUT2D eigenvalue weighted by molar-refractivity contribution is 0.00435. The van der Waals surface area contributed by atoms with E-state index in [4.69, 9.17) is 0 Å². The molecule has 0 saturated heterocycles. The Labute approximate surface area is 176 Å². The predicted molar refractivity (Wildman–Crippen MR) is 123 cm³/mol. The van der Waals surface area contributed by atoms with Gasteiger partial charge in [-0.25, -0.2) is 0 Å². The SMILES string of the molecule is CCCCCCCCCCCCCCCC(N(C)C)N(CC(C)O)CC(C)O. The molecule has 0 aliphatic rings. The molecule has 4 nitrogen and oxygen atoms in total. The van der Waals surface area contributed by atoms with Crippen molar-refractivity contribution in [1.82, 2.24) is 9.80 Å². The second-order valence-electron chi connectivity index (χ2n) is 9.13. The number of unbranched alkanes of at least 4 members (excludes halogenated alkanes) is 12. The van der Waals surface area contributed by atoms with Gasteiger partial charge in [0.05, 0.1) is 18.4 Å². The van der Waals surface area contributed by atoms with Gasteiger partial charge in [-0.1, -0.05) is 90.4 Å². The molecule has 2 N–H and O–H groups in total. The van der Waals surface area contributed by atoms with Gasteiger partial charge in [0.25, 0.3) is 0 Å². The summed E-state index contributed by atoms with van der Waals surface area (Å²) in [5, 5.41) is 19.6. The molecule has 0 radical (unpaired) electrons. The van der Waals surface area contributed by atoms with Gasteiger partial charge >= 0.3 is 0 Å². The molecular weight excluding hydrogens is 348 g/mol. The van der Waals surface area contributed by atoms with Crippen molar-refractivity contribution in [3.05, 3.63) is 0 Å². The smallest absolute Gasteiger partial charge is 0.0639 e. The van der Waals surface area contributed by atoms with Gasteiger partial charge in [0.1, 0.15) is 0 Å². The second kappa shape index (κ2) is 18.8. The van der Waals surface area contributed by atoms with E-state index in [1.807, 2.05) is 13.8 Å². The van der Waals surface area contributed by atoms with Crippen molar-refractivity contribution in [2.75, 3.05) is 27.2 Å². The Bertz CT molecular complexity index is 312. The van der Waals surface area contributed by atoms with Crippen LogP contribution < -0.4 is 0 Å². The van der Waals surface area contributed by atoms with Crippen LogP contribution in [0.3, 0.4) is 0 Å². The fourth-order valence-electron chi connectivity index (χ4n) is 4.11. The van der Waals surface area contributed by atoms with Crippen LogP contribution in [0.25, 0.3) is 0 Å². The van der Waals surface area contributed by atoms with Gasteiger partial charge in [0.15, 0.2) is 0 Å². The lowest BCUT2D eigenvalue weighted by atomic mass is 10.0. The molecule has 0 aromatic rings. The number of hydrogen-bond acceptors (Lipinski definition) is 4. The Balaban J connectivity index is 3.83. The third-order valence-electron chi connectivity index (χ3n) is 5.58. The van der Waals surface area contributed by atoms with E-state index < -0.39 is 0 Å². The van der Waals surface area contributed by atoms with Crippen LogP contribution in [0.1, 0.15) is 111 Å². The van der Waals surface area contributed by atoms with Gasteiger partial charge in [-0.05, 0) is 34.4 Å². The largest absolute Gasteiger partial charge is 0.392 e. The van der Waals surface area contributed by atoms with Crippen molar-refractivity contribution in [3.63, 3.8) is 0 Å². The van der Waals surface area contributed by atoms with E-state index in [0.717, 1.165) is 6.42 Å². The zero-order valence-corrected chi connectivity index (χ0v) is 19.8. The molecule has 170 valence electrons. The standard InChI is InChI=1S/C24H52N2O2/c1-6-7-8-9-10-11-12-13-14-15-16-17-18-19-24(25(4)5)26(20-22(2)27)21-23(3)28/h22-24,27-28H,6-21H2,1-5H3. The fourth-order valence-corrected chi connectivity index (χ4v) is 4.11. The number of rotatable bonds is 20. The highest BCUT2D eigenvalue weighted by Crippen LogP contribution is 2.16. The number of nitrogens with zero attached hydrogens (tertiary/aromatic N) is 2. The van der Waals surface area contributed by atoms with Crippen molar-refractivity contribution in [1.29, 1.82) is 0 Å². The van der Waals surface area contributed by atoms with Crippen LogP contribution in [0.15, 0.2) is 0 Å². The molecule has 3 atom stereocenters. The molecule has 0 heterocycles. The second-order valence-corrected chi connectivity index (χ2v) is 9.13. The molecule has 0 spiro atoms. The first-order valence-electron chi connectivity index (χ1n) is 12.1. The zero-order valence-electron chi connectivity index (χ0n) is 19.8. The van der Waals surface area contributed by atoms with Crippen molar-refractivity contribution < 1.29 is 10.2 Å². The zero-order chi connectivity index (χ0) is 21.2. The van der Waals surface area contributed by atoms with Crippen LogP contribution in [0, 0.1) is 0 Å². The maximum Gasteiger partial charge on any atom is 0.0639 e. The summed E-state index contributed by atoms with van der Waals surface area (Å²) in [4.78, 5) is 4.46. The van der Waals surface area contributed by atoms with E-state index in [1.54, 1.807) is 0 Å². The summed E-state index contributed by atoms with van der Waals surface area (Å²) in [6, 6.07) is 0. The van der Waals surface area contributed by atoms with E-state index in [9.17, 15) is 10.2 Å². The van der Waals surface area contributed by atoms with Crippen LogP contribution in [-0.2, 0) is 0 Å². The monoisotopic (exact) mass is 400 g/mol. The van der Waals surface area contributed by atoms with E-state index in [1.165, 1.54) is 83.5 Å². The van der Waals surface area contributed by atoms with Crippen LogP contribution in [0.5, 0.6) is 0 Å². The Morgan fingerprint density at radius 2 is 0.964 bits per heavy atom. The molecule has 0 aliphatic carbocycles. The summed E-state index contributed by atoms with van der Waals surface area (Å²) in [7, 11) is 4.20. The highest BCUT2D eigenvalue weighted by molar-refractivity contribution is 4.73. The highest BCUT2D eigenvalue weighted by Gasteiger charge is 2.22. The molecular formula is C24H52N2O2. The molecule has 3 unspecified atom stereocenters. The van der Waals surface area contributed by atoms with E-state index in [2.05, 4.69) is 30.8 Å². The van der Waals surface area contributed by atoms with Gasteiger partial charge < -0.3 is 10.2 Å². The topological polar surface area (TPSA) is 46.9 Å². The van der Waals surface area contributed by atoms with Crippen LogP contribution >= 0.6 is 0 Å². The van der Waals surface area contributed by atoms with Crippen molar-refractivity contribution in [2.24, 2.45) is 0 Å². The van der Waals surface area contributed by atoms with E-state index >= 15 is 0 Å². The average molecular weight is 401 g/mol. The molecule has 0 aliphatic heterocycles.